The molecule has 0 atom stereocenters. The van der Waals surface area contributed by atoms with Crippen molar-refractivity contribution in [3.8, 4) is 23.1 Å². The van der Waals surface area contributed by atoms with Crippen LogP contribution in [0.5, 0.6) is 0 Å². The van der Waals surface area contributed by atoms with Crippen molar-refractivity contribution < 1.29 is 14.7 Å². The molecule has 0 spiro atoms. The minimum absolute atomic E-state index is 0.169. The maximum absolute atomic E-state index is 11.8. The van der Waals surface area contributed by atoms with Gasteiger partial charge in [0, 0.05) is 35.6 Å². The van der Waals surface area contributed by atoms with E-state index >= 15 is 0 Å². The van der Waals surface area contributed by atoms with Crippen LogP contribution in [0.25, 0.3) is 11.3 Å². The lowest BCUT2D eigenvalue weighted by Gasteiger charge is -2.04. The zero-order valence-corrected chi connectivity index (χ0v) is 15.9. The van der Waals surface area contributed by atoms with Gasteiger partial charge in [0.05, 0.1) is 5.69 Å². The number of pyridine rings is 1. The lowest BCUT2D eigenvalue weighted by Crippen LogP contribution is -2.13. The van der Waals surface area contributed by atoms with E-state index in [9.17, 15) is 4.79 Å². The Morgan fingerprint density at radius 1 is 1.29 bits per heavy atom. The Bertz CT molecular complexity index is 1070. The number of imidazole rings is 1. The van der Waals surface area contributed by atoms with Crippen LogP contribution in [0.15, 0.2) is 42.7 Å². The molecule has 0 fully saturated rings. The number of nitrogens with zero attached hydrogens (tertiary/aromatic N) is 3. The van der Waals surface area contributed by atoms with E-state index in [-0.39, 0.29) is 12.2 Å². The Labute approximate surface area is 166 Å². The van der Waals surface area contributed by atoms with Gasteiger partial charge < -0.3 is 15.4 Å². The first kappa shape index (κ1) is 20.7. The van der Waals surface area contributed by atoms with E-state index in [1.165, 1.54) is 0 Å². The molecule has 0 aliphatic rings. The van der Waals surface area contributed by atoms with Crippen molar-refractivity contribution in [3.05, 3.63) is 70.4 Å². The molecule has 0 radical (unpaired) electrons. The number of carbonyl (C=O) groups excluding carboxylic acids is 1. The standard InChI is InChI=1S/C19H15ClN4O.CH2O2/c1-12-13(5-3-7-15(12)20)8-9-16-23-17(19(21)25)18(24(16)2)14-6-4-10-22-11-14;2-1-3/h3-7,10-11H,1-2H3,(H2,21,25);1H,(H,2,3). The summed E-state index contributed by atoms with van der Waals surface area (Å²) in [5, 5.41) is 7.54. The van der Waals surface area contributed by atoms with Crippen LogP contribution < -0.4 is 5.73 Å². The largest absolute Gasteiger partial charge is 0.483 e. The van der Waals surface area contributed by atoms with E-state index in [1.54, 1.807) is 30.1 Å². The number of hydrogen-bond donors (Lipinski definition) is 2. The van der Waals surface area contributed by atoms with Crippen molar-refractivity contribution in [1.82, 2.24) is 14.5 Å². The number of amides is 1. The zero-order chi connectivity index (χ0) is 20.7. The fraction of sp³-hybridized carbons (Fsp3) is 0.100. The molecule has 3 N–H and O–H groups in total. The molecule has 0 bridgehead atoms. The van der Waals surface area contributed by atoms with Gasteiger partial charge in [0.15, 0.2) is 11.5 Å². The molecule has 3 aromatic rings. The highest BCUT2D eigenvalue weighted by molar-refractivity contribution is 6.31. The third-order valence-corrected chi connectivity index (χ3v) is 4.25. The van der Waals surface area contributed by atoms with Crippen LogP contribution in [0.2, 0.25) is 5.02 Å². The van der Waals surface area contributed by atoms with Crippen molar-refractivity contribution in [1.29, 1.82) is 0 Å². The molecule has 28 heavy (non-hydrogen) atoms. The first-order valence-corrected chi connectivity index (χ1v) is 8.40. The van der Waals surface area contributed by atoms with Crippen LogP contribution >= 0.6 is 11.6 Å². The summed E-state index contributed by atoms with van der Waals surface area (Å²) in [6, 6.07) is 9.17. The third-order valence-electron chi connectivity index (χ3n) is 3.84. The minimum Gasteiger partial charge on any atom is -0.483 e. The van der Waals surface area contributed by atoms with Gasteiger partial charge in [-0.1, -0.05) is 23.6 Å². The summed E-state index contributed by atoms with van der Waals surface area (Å²) < 4.78 is 1.74. The molecule has 7 nitrogen and oxygen atoms in total. The van der Waals surface area contributed by atoms with Gasteiger partial charge in [-0.15, -0.1) is 0 Å². The van der Waals surface area contributed by atoms with Crippen molar-refractivity contribution in [2.45, 2.75) is 6.92 Å². The summed E-state index contributed by atoms with van der Waals surface area (Å²) in [4.78, 5) is 28.5. The second-order valence-electron chi connectivity index (χ2n) is 5.57. The molecule has 1 aromatic carbocycles. The summed E-state index contributed by atoms with van der Waals surface area (Å²) in [6.45, 7) is 1.65. The average molecular weight is 397 g/mol. The molecule has 0 saturated heterocycles. The highest BCUT2D eigenvalue weighted by Gasteiger charge is 2.19. The first-order valence-electron chi connectivity index (χ1n) is 8.02. The van der Waals surface area contributed by atoms with E-state index < -0.39 is 5.91 Å². The molecule has 0 saturated carbocycles. The molecular formula is C20H17ClN4O3. The third kappa shape index (κ3) is 4.55. The van der Waals surface area contributed by atoms with Crippen molar-refractivity contribution >= 4 is 24.0 Å². The molecule has 0 unspecified atom stereocenters. The predicted molar refractivity (Wildman–Crippen MR) is 106 cm³/mol. The first-order chi connectivity index (χ1) is 13.4. The van der Waals surface area contributed by atoms with E-state index in [4.69, 9.17) is 27.2 Å². The van der Waals surface area contributed by atoms with Gasteiger partial charge in [-0.3, -0.25) is 14.6 Å². The van der Waals surface area contributed by atoms with Gasteiger partial charge in [0.1, 0.15) is 0 Å². The van der Waals surface area contributed by atoms with Crippen LogP contribution in [0.4, 0.5) is 0 Å². The van der Waals surface area contributed by atoms with Crippen molar-refractivity contribution in [3.63, 3.8) is 0 Å². The van der Waals surface area contributed by atoms with Gasteiger partial charge >= 0.3 is 0 Å². The normalized spacial score (nSPS) is 9.54. The smallest absolute Gasteiger partial charge is 0.290 e. The number of hydrogen-bond acceptors (Lipinski definition) is 4. The van der Waals surface area contributed by atoms with Crippen LogP contribution in [0, 0.1) is 18.8 Å². The van der Waals surface area contributed by atoms with Crippen molar-refractivity contribution in [2.75, 3.05) is 0 Å². The maximum Gasteiger partial charge on any atom is 0.290 e. The summed E-state index contributed by atoms with van der Waals surface area (Å²) in [6.07, 6.45) is 3.31. The van der Waals surface area contributed by atoms with E-state index in [1.807, 2.05) is 31.2 Å². The topological polar surface area (TPSA) is 111 Å². The second kappa shape index (κ2) is 9.35. The maximum atomic E-state index is 11.8. The zero-order valence-electron chi connectivity index (χ0n) is 15.2. The molecule has 142 valence electrons. The molecule has 8 heteroatoms. The summed E-state index contributed by atoms with van der Waals surface area (Å²) in [5.41, 5.74) is 8.69. The van der Waals surface area contributed by atoms with Gasteiger partial charge in [-0.25, -0.2) is 4.98 Å². The number of benzene rings is 1. The van der Waals surface area contributed by atoms with Gasteiger partial charge in [0.2, 0.25) is 0 Å². The number of rotatable bonds is 2. The molecule has 2 aromatic heterocycles. The van der Waals surface area contributed by atoms with E-state index in [0.717, 1.165) is 16.7 Å². The SMILES string of the molecule is Cc1c(Cl)cccc1C#Cc1nc(C(N)=O)c(-c2cccnc2)n1C.O=CO. The summed E-state index contributed by atoms with van der Waals surface area (Å²) in [5.74, 6) is 5.88. The lowest BCUT2D eigenvalue weighted by atomic mass is 10.1. The number of nitrogens with two attached hydrogens (primary N) is 1. The van der Waals surface area contributed by atoms with Crippen LogP contribution in [0.1, 0.15) is 27.4 Å². The van der Waals surface area contributed by atoms with E-state index in [0.29, 0.717) is 16.5 Å². The Hall–Kier alpha value is -3.63. The molecule has 0 aliphatic heterocycles. The molecule has 0 aliphatic carbocycles. The number of carbonyl (C=O) groups is 2. The van der Waals surface area contributed by atoms with E-state index in [2.05, 4.69) is 21.8 Å². The van der Waals surface area contributed by atoms with Gasteiger partial charge in [0.25, 0.3) is 12.4 Å². The van der Waals surface area contributed by atoms with Crippen LogP contribution in [0.3, 0.4) is 0 Å². The fourth-order valence-corrected chi connectivity index (χ4v) is 2.66. The minimum atomic E-state index is -0.610. The number of primary amides is 1. The Balaban J connectivity index is 0.000000878. The van der Waals surface area contributed by atoms with Crippen LogP contribution in [-0.4, -0.2) is 32.0 Å². The predicted octanol–water partition coefficient (Wildman–Crippen LogP) is 2.64. The monoisotopic (exact) mass is 396 g/mol. The molecule has 1 amide bonds. The highest BCUT2D eigenvalue weighted by atomic mass is 35.5. The summed E-state index contributed by atoms with van der Waals surface area (Å²) in [7, 11) is 1.79. The molecular weight excluding hydrogens is 380 g/mol. The summed E-state index contributed by atoms with van der Waals surface area (Å²) >= 11 is 6.12. The quantitative estimate of drug-likeness (QED) is 0.511. The Morgan fingerprint density at radius 2 is 2.00 bits per heavy atom. The Kier molecular flexibility index (Phi) is 6.90. The lowest BCUT2D eigenvalue weighted by molar-refractivity contribution is -0.122. The second-order valence-corrected chi connectivity index (χ2v) is 5.97. The Morgan fingerprint density at radius 3 is 2.61 bits per heavy atom. The van der Waals surface area contributed by atoms with Crippen LogP contribution in [-0.2, 0) is 11.8 Å². The average Bonchev–Trinajstić information content (AvgIpc) is 3.01. The number of aromatic nitrogens is 3. The van der Waals surface area contributed by atoms with Crippen molar-refractivity contribution in [2.24, 2.45) is 12.8 Å². The van der Waals surface area contributed by atoms with Gasteiger partial charge in [-0.05, 0) is 42.7 Å². The highest BCUT2D eigenvalue weighted by Crippen LogP contribution is 2.23. The molecule has 3 rings (SSSR count). The fourth-order valence-electron chi connectivity index (χ4n) is 2.48. The number of halogens is 1. The van der Waals surface area contributed by atoms with Gasteiger partial charge in [-0.2, -0.15) is 0 Å². The number of carboxylic acid groups (broad SMARTS) is 1. The molecule has 2 heterocycles.